The van der Waals surface area contributed by atoms with Crippen molar-refractivity contribution in [1.29, 1.82) is 0 Å². The van der Waals surface area contributed by atoms with Gasteiger partial charge in [-0.1, -0.05) is 12.1 Å². The summed E-state index contributed by atoms with van der Waals surface area (Å²) in [5.74, 6) is -0.188. The molecule has 4 aromatic rings. The highest BCUT2D eigenvalue weighted by Crippen LogP contribution is 2.24. The highest BCUT2D eigenvalue weighted by atomic mass is 32.1. The third kappa shape index (κ3) is 2.99. The predicted molar refractivity (Wildman–Crippen MR) is 103 cm³/mol. The molecule has 0 aliphatic rings. The second kappa shape index (κ2) is 6.82. The van der Waals surface area contributed by atoms with E-state index >= 15 is 0 Å². The van der Waals surface area contributed by atoms with Gasteiger partial charge in [-0.3, -0.25) is 24.3 Å². The number of Topliss-reactive ketones (excluding diaryl/α,β-unsaturated/α-hetero) is 1. The topological polar surface area (TPSA) is 113 Å². The molecule has 0 saturated carbocycles. The summed E-state index contributed by atoms with van der Waals surface area (Å²) in [6, 6.07) is 9.64. The van der Waals surface area contributed by atoms with Crippen molar-refractivity contribution in [3.63, 3.8) is 0 Å². The van der Waals surface area contributed by atoms with Crippen LogP contribution in [0.1, 0.15) is 14.5 Å². The fourth-order valence-electron chi connectivity index (χ4n) is 2.85. The Morgan fingerprint density at radius 1 is 1.25 bits per heavy atom. The van der Waals surface area contributed by atoms with E-state index in [1.54, 1.807) is 18.2 Å². The molecule has 0 spiro atoms. The van der Waals surface area contributed by atoms with Crippen molar-refractivity contribution < 1.29 is 9.72 Å². The fraction of sp³-hybridized carbons (Fsp3) is 0.111. The van der Waals surface area contributed by atoms with Gasteiger partial charge in [0.2, 0.25) is 0 Å². The first-order valence-electron chi connectivity index (χ1n) is 8.22. The van der Waals surface area contributed by atoms with Gasteiger partial charge in [0, 0.05) is 10.9 Å². The number of ketones is 1. The summed E-state index contributed by atoms with van der Waals surface area (Å²) in [7, 11) is 0. The van der Waals surface area contributed by atoms with Crippen molar-refractivity contribution in [3.8, 4) is 5.69 Å². The number of carbonyl (C=O) groups is 1. The van der Waals surface area contributed by atoms with Crippen LogP contribution in [0.15, 0.2) is 53.7 Å². The van der Waals surface area contributed by atoms with Gasteiger partial charge in [-0.15, -0.1) is 11.3 Å². The molecule has 10 heteroatoms. The number of nitro groups is 1. The second-order valence-corrected chi connectivity index (χ2v) is 7.34. The minimum atomic E-state index is -0.522. The zero-order chi connectivity index (χ0) is 19.8. The molecule has 0 bridgehead atoms. The van der Waals surface area contributed by atoms with Crippen LogP contribution in [-0.4, -0.2) is 30.0 Å². The summed E-state index contributed by atoms with van der Waals surface area (Å²) < 4.78 is 2.47. The SMILES string of the molecule is Cc1ccc(C(=O)Cn2cnc3c(cnn3-c3ccccc3[N+](=O)[O-])c2=O)s1. The number of aryl methyl sites for hydroxylation is 1. The number of carbonyl (C=O) groups excluding carboxylic acids is 1. The molecule has 28 heavy (non-hydrogen) atoms. The van der Waals surface area contributed by atoms with Gasteiger partial charge in [-0.25, -0.2) is 9.67 Å². The van der Waals surface area contributed by atoms with E-state index in [2.05, 4.69) is 10.1 Å². The van der Waals surface area contributed by atoms with Crippen LogP contribution in [0.3, 0.4) is 0 Å². The summed E-state index contributed by atoms with van der Waals surface area (Å²) in [4.78, 5) is 41.7. The summed E-state index contributed by atoms with van der Waals surface area (Å²) in [5.41, 5.74) is -0.189. The number of hydrogen-bond acceptors (Lipinski definition) is 7. The average Bonchev–Trinajstić information content (AvgIpc) is 3.30. The number of fused-ring (bicyclic) bond motifs is 1. The number of thiophene rings is 1. The van der Waals surface area contributed by atoms with Gasteiger partial charge in [-0.2, -0.15) is 5.10 Å². The normalized spacial score (nSPS) is 11.0. The maximum absolute atomic E-state index is 12.8. The maximum atomic E-state index is 12.8. The highest BCUT2D eigenvalue weighted by molar-refractivity contribution is 7.14. The van der Waals surface area contributed by atoms with E-state index in [0.717, 1.165) is 4.88 Å². The largest absolute Gasteiger partial charge is 0.294 e. The average molecular weight is 395 g/mol. The molecule has 0 aliphatic heterocycles. The molecular formula is C18H13N5O4S. The van der Waals surface area contributed by atoms with Crippen LogP contribution < -0.4 is 5.56 Å². The lowest BCUT2D eigenvalue weighted by molar-refractivity contribution is -0.384. The molecule has 0 N–H and O–H groups in total. The molecule has 4 rings (SSSR count). The summed E-state index contributed by atoms with van der Waals surface area (Å²) in [6.45, 7) is 1.76. The van der Waals surface area contributed by atoms with Crippen molar-refractivity contribution in [3.05, 3.63) is 79.1 Å². The Kier molecular flexibility index (Phi) is 4.32. The smallest absolute Gasteiger partial charge is 0.291 e. The van der Waals surface area contributed by atoms with Gasteiger partial charge in [-0.05, 0) is 25.1 Å². The Bertz CT molecular complexity index is 1290. The third-order valence-corrected chi connectivity index (χ3v) is 5.23. The predicted octanol–water partition coefficient (Wildman–Crippen LogP) is 2.74. The van der Waals surface area contributed by atoms with Crippen LogP contribution in [0.25, 0.3) is 16.7 Å². The van der Waals surface area contributed by atoms with Gasteiger partial charge in [0.05, 0.1) is 22.5 Å². The molecule has 0 amide bonds. The molecule has 140 valence electrons. The van der Waals surface area contributed by atoms with E-state index < -0.39 is 10.5 Å². The van der Waals surface area contributed by atoms with Crippen molar-refractivity contribution in [2.45, 2.75) is 13.5 Å². The van der Waals surface area contributed by atoms with Gasteiger partial charge in [0.15, 0.2) is 11.4 Å². The number of nitrogens with zero attached hydrogens (tertiary/aromatic N) is 5. The minimum absolute atomic E-state index is 0.140. The summed E-state index contributed by atoms with van der Waals surface area (Å²) in [5, 5.41) is 15.6. The van der Waals surface area contributed by atoms with E-state index in [4.69, 9.17) is 0 Å². The Morgan fingerprint density at radius 3 is 2.75 bits per heavy atom. The molecule has 0 unspecified atom stereocenters. The monoisotopic (exact) mass is 395 g/mol. The lowest BCUT2D eigenvalue weighted by Gasteiger charge is -2.06. The minimum Gasteiger partial charge on any atom is -0.291 e. The molecule has 1 aromatic carbocycles. The first kappa shape index (κ1) is 17.7. The number of nitro benzene ring substituents is 1. The number of rotatable bonds is 5. The molecule has 0 atom stereocenters. The summed E-state index contributed by atoms with van der Waals surface area (Å²) >= 11 is 1.36. The zero-order valence-corrected chi connectivity index (χ0v) is 15.4. The molecule has 0 aliphatic carbocycles. The number of aromatic nitrogens is 4. The molecule has 3 heterocycles. The van der Waals surface area contributed by atoms with E-state index in [0.29, 0.717) is 4.88 Å². The highest BCUT2D eigenvalue weighted by Gasteiger charge is 2.19. The van der Waals surface area contributed by atoms with Crippen LogP contribution in [0, 0.1) is 17.0 Å². The van der Waals surface area contributed by atoms with Crippen LogP contribution in [0.4, 0.5) is 5.69 Å². The van der Waals surface area contributed by atoms with Crippen molar-refractivity contribution in [2.75, 3.05) is 0 Å². The van der Waals surface area contributed by atoms with Gasteiger partial charge < -0.3 is 0 Å². The van der Waals surface area contributed by atoms with E-state index in [9.17, 15) is 19.7 Å². The van der Waals surface area contributed by atoms with Crippen molar-refractivity contribution in [1.82, 2.24) is 19.3 Å². The van der Waals surface area contributed by atoms with Gasteiger partial charge in [0.1, 0.15) is 17.4 Å². The maximum Gasteiger partial charge on any atom is 0.294 e. The number of para-hydroxylation sites is 2. The van der Waals surface area contributed by atoms with Crippen LogP contribution >= 0.6 is 11.3 Å². The van der Waals surface area contributed by atoms with E-state index in [1.165, 1.54) is 45.2 Å². The molecule has 9 nitrogen and oxygen atoms in total. The molecular weight excluding hydrogens is 382 g/mol. The summed E-state index contributed by atoms with van der Waals surface area (Å²) in [6.07, 6.45) is 2.56. The molecule has 3 aromatic heterocycles. The third-order valence-electron chi connectivity index (χ3n) is 4.19. The Hall–Kier alpha value is -3.66. The first-order valence-corrected chi connectivity index (χ1v) is 9.04. The fourth-order valence-corrected chi connectivity index (χ4v) is 3.65. The Morgan fingerprint density at radius 2 is 2.04 bits per heavy atom. The van der Waals surface area contributed by atoms with Gasteiger partial charge in [0.25, 0.3) is 11.2 Å². The number of benzene rings is 1. The zero-order valence-electron chi connectivity index (χ0n) is 14.6. The van der Waals surface area contributed by atoms with E-state index in [-0.39, 0.29) is 34.7 Å². The van der Waals surface area contributed by atoms with Crippen LogP contribution in [0.2, 0.25) is 0 Å². The lowest BCUT2D eigenvalue weighted by Crippen LogP contribution is -2.24. The second-order valence-electron chi connectivity index (χ2n) is 6.05. The Labute approximate surface area is 161 Å². The lowest BCUT2D eigenvalue weighted by atomic mass is 10.2. The van der Waals surface area contributed by atoms with Crippen LogP contribution in [-0.2, 0) is 6.54 Å². The standard InChI is InChI=1S/C18H13N5O4S/c1-11-6-7-16(28-11)15(24)9-21-10-19-17-12(18(21)25)8-20-22(17)13-4-2-3-5-14(13)23(26)27/h2-8,10H,9H2,1H3. The van der Waals surface area contributed by atoms with E-state index in [1.807, 2.05) is 13.0 Å². The number of hydrogen-bond donors (Lipinski definition) is 0. The van der Waals surface area contributed by atoms with Crippen molar-refractivity contribution in [2.24, 2.45) is 0 Å². The van der Waals surface area contributed by atoms with Crippen LogP contribution in [0.5, 0.6) is 0 Å². The first-order chi connectivity index (χ1) is 13.5. The molecule has 0 saturated heterocycles. The quantitative estimate of drug-likeness (QED) is 0.292. The van der Waals surface area contributed by atoms with Gasteiger partial charge >= 0.3 is 0 Å². The molecule has 0 radical (unpaired) electrons. The molecule has 0 fully saturated rings. The van der Waals surface area contributed by atoms with Crippen molar-refractivity contribution >= 4 is 33.8 Å². The Balaban J connectivity index is 1.76.